The molecule has 1 aromatic carbocycles. The van der Waals surface area contributed by atoms with Gasteiger partial charge in [-0.25, -0.2) is 0 Å². The second-order valence-corrected chi connectivity index (χ2v) is 4.30. The van der Waals surface area contributed by atoms with Crippen molar-refractivity contribution < 1.29 is 22.7 Å². The van der Waals surface area contributed by atoms with Crippen LogP contribution in [0.25, 0.3) is 0 Å². The van der Waals surface area contributed by atoms with E-state index in [-0.39, 0.29) is 37.0 Å². The number of carbonyl (C=O) groups is 1. The Bertz CT molecular complexity index is 455. The van der Waals surface area contributed by atoms with Crippen LogP contribution in [0.3, 0.4) is 0 Å². The van der Waals surface area contributed by atoms with E-state index in [4.69, 9.17) is 5.73 Å². The summed E-state index contributed by atoms with van der Waals surface area (Å²) in [6.07, 6.45) is -3.93. The van der Waals surface area contributed by atoms with Crippen LogP contribution in [0.5, 0.6) is 5.75 Å². The van der Waals surface area contributed by atoms with Gasteiger partial charge in [-0.15, -0.1) is 25.6 Å². The van der Waals surface area contributed by atoms with E-state index in [2.05, 4.69) is 4.74 Å². The van der Waals surface area contributed by atoms with E-state index in [1.54, 1.807) is 6.07 Å². The Kier molecular flexibility index (Phi) is 8.12. The maximum atomic E-state index is 12.3. The van der Waals surface area contributed by atoms with Gasteiger partial charge < -0.3 is 15.4 Å². The minimum Gasteiger partial charge on any atom is -0.405 e. The molecular formula is C13H18ClF3N2O2. The maximum absolute atomic E-state index is 12.3. The van der Waals surface area contributed by atoms with Crippen molar-refractivity contribution in [3.05, 3.63) is 29.8 Å². The van der Waals surface area contributed by atoms with Gasteiger partial charge in [-0.05, 0) is 19.0 Å². The van der Waals surface area contributed by atoms with Crippen molar-refractivity contribution in [2.45, 2.75) is 25.7 Å². The van der Waals surface area contributed by atoms with E-state index in [1.165, 1.54) is 30.1 Å². The van der Waals surface area contributed by atoms with Gasteiger partial charge >= 0.3 is 6.36 Å². The molecule has 120 valence electrons. The van der Waals surface area contributed by atoms with E-state index in [0.717, 1.165) is 0 Å². The molecule has 0 radical (unpaired) electrons. The molecule has 0 atom stereocenters. The molecule has 0 fully saturated rings. The lowest BCUT2D eigenvalue weighted by atomic mass is 10.2. The summed E-state index contributed by atoms with van der Waals surface area (Å²) in [5.41, 5.74) is 5.61. The molecule has 0 saturated carbocycles. The van der Waals surface area contributed by atoms with Gasteiger partial charge in [0.15, 0.2) is 0 Å². The fraction of sp³-hybridized carbons (Fsp3) is 0.462. The number of alkyl halides is 3. The average molecular weight is 327 g/mol. The van der Waals surface area contributed by atoms with Crippen LogP contribution in [-0.2, 0) is 11.3 Å². The molecule has 8 heteroatoms. The quantitative estimate of drug-likeness (QED) is 0.874. The molecule has 0 aliphatic carbocycles. The van der Waals surface area contributed by atoms with Gasteiger partial charge in [0.1, 0.15) is 5.75 Å². The molecule has 4 nitrogen and oxygen atoms in total. The zero-order valence-corrected chi connectivity index (χ0v) is 12.3. The third-order valence-corrected chi connectivity index (χ3v) is 2.63. The molecule has 0 heterocycles. The molecule has 0 aromatic heterocycles. The van der Waals surface area contributed by atoms with E-state index in [9.17, 15) is 18.0 Å². The Labute approximate surface area is 127 Å². The van der Waals surface area contributed by atoms with E-state index >= 15 is 0 Å². The third-order valence-electron chi connectivity index (χ3n) is 2.63. The van der Waals surface area contributed by atoms with Gasteiger partial charge in [0.25, 0.3) is 0 Å². The van der Waals surface area contributed by atoms with Crippen LogP contribution in [0.4, 0.5) is 13.2 Å². The molecule has 0 spiro atoms. The molecular weight excluding hydrogens is 309 g/mol. The lowest BCUT2D eigenvalue weighted by molar-refractivity contribution is -0.275. The number of benzene rings is 1. The smallest absolute Gasteiger partial charge is 0.405 e. The highest BCUT2D eigenvalue weighted by molar-refractivity contribution is 5.85. The summed E-state index contributed by atoms with van der Waals surface area (Å²) in [5.74, 6) is -0.462. The average Bonchev–Trinajstić information content (AvgIpc) is 2.36. The van der Waals surface area contributed by atoms with Crippen LogP contribution in [0.15, 0.2) is 24.3 Å². The number of halogens is 4. The summed E-state index contributed by atoms with van der Waals surface area (Å²) in [6, 6.07) is 5.76. The van der Waals surface area contributed by atoms with Crippen LogP contribution in [-0.4, -0.2) is 30.8 Å². The monoisotopic (exact) mass is 326 g/mol. The second-order valence-electron chi connectivity index (χ2n) is 4.30. The van der Waals surface area contributed by atoms with Crippen LogP contribution in [0, 0.1) is 0 Å². The molecule has 0 aliphatic rings. The van der Waals surface area contributed by atoms with Crippen LogP contribution in [0.1, 0.15) is 18.4 Å². The van der Waals surface area contributed by atoms with Gasteiger partial charge in [-0.1, -0.05) is 18.2 Å². The third kappa shape index (κ3) is 7.19. The number of ether oxygens (including phenoxy) is 1. The number of para-hydroxylation sites is 1. The normalized spacial score (nSPS) is 10.7. The van der Waals surface area contributed by atoms with Gasteiger partial charge in [0.05, 0.1) is 0 Å². The molecule has 21 heavy (non-hydrogen) atoms. The Morgan fingerprint density at radius 3 is 2.52 bits per heavy atom. The SMILES string of the molecule is CN(Cc1ccccc1OC(F)(F)F)C(=O)CCCN.Cl. The summed E-state index contributed by atoms with van der Waals surface area (Å²) in [7, 11) is 1.53. The number of amides is 1. The standard InChI is InChI=1S/C13H17F3N2O2.ClH/c1-18(12(19)7-4-8-17)9-10-5-2-3-6-11(10)20-13(14,15)16;/h2-3,5-6H,4,7-9,17H2,1H3;1H. The Balaban J connectivity index is 0.00000400. The maximum Gasteiger partial charge on any atom is 0.573 e. The summed E-state index contributed by atoms with van der Waals surface area (Å²) in [4.78, 5) is 13.1. The van der Waals surface area contributed by atoms with Gasteiger partial charge in [0.2, 0.25) is 5.91 Å². The molecule has 0 aliphatic heterocycles. The molecule has 0 saturated heterocycles. The van der Waals surface area contributed by atoms with Crippen molar-refractivity contribution >= 4 is 18.3 Å². The Hall–Kier alpha value is -1.47. The zero-order chi connectivity index (χ0) is 15.2. The van der Waals surface area contributed by atoms with Crippen LogP contribution < -0.4 is 10.5 Å². The van der Waals surface area contributed by atoms with Crippen molar-refractivity contribution in [2.75, 3.05) is 13.6 Å². The minimum atomic E-state index is -4.75. The van der Waals surface area contributed by atoms with E-state index in [1.807, 2.05) is 0 Å². The lowest BCUT2D eigenvalue weighted by Crippen LogP contribution is -2.27. The summed E-state index contributed by atoms with van der Waals surface area (Å²) < 4.78 is 40.7. The highest BCUT2D eigenvalue weighted by Gasteiger charge is 2.32. The molecule has 1 amide bonds. The number of hydrogen-bond acceptors (Lipinski definition) is 3. The van der Waals surface area contributed by atoms with E-state index in [0.29, 0.717) is 18.5 Å². The van der Waals surface area contributed by atoms with Gasteiger partial charge in [-0.3, -0.25) is 4.79 Å². The first-order valence-corrected chi connectivity index (χ1v) is 6.11. The Morgan fingerprint density at radius 1 is 1.33 bits per heavy atom. The second kappa shape index (κ2) is 8.74. The molecule has 2 N–H and O–H groups in total. The molecule has 1 aromatic rings. The van der Waals surface area contributed by atoms with E-state index < -0.39 is 6.36 Å². The van der Waals surface area contributed by atoms with Crippen molar-refractivity contribution in [3.63, 3.8) is 0 Å². The summed E-state index contributed by atoms with van der Waals surface area (Å²) in [6.45, 7) is 0.447. The molecule has 0 bridgehead atoms. The van der Waals surface area contributed by atoms with Gasteiger partial charge in [0, 0.05) is 25.6 Å². The first kappa shape index (κ1) is 19.5. The fourth-order valence-electron chi connectivity index (χ4n) is 1.65. The number of carbonyl (C=O) groups excluding carboxylic acids is 1. The lowest BCUT2D eigenvalue weighted by Gasteiger charge is -2.19. The topological polar surface area (TPSA) is 55.6 Å². The van der Waals surface area contributed by atoms with Crippen molar-refractivity contribution in [2.24, 2.45) is 5.73 Å². The predicted molar refractivity (Wildman–Crippen MR) is 75.1 cm³/mol. The molecule has 1 rings (SSSR count). The predicted octanol–water partition coefficient (Wildman–Crippen LogP) is 2.70. The summed E-state index contributed by atoms with van der Waals surface area (Å²) >= 11 is 0. The minimum absolute atomic E-state index is 0. The van der Waals surface area contributed by atoms with Crippen molar-refractivity contribution in [1.82, 2.24) is 4.90 Å². The largest absolute Gasteiger partial charge is 0.573 e. The van der Waals surface area contributed by atoms with Crippen molar-refractivity contribution in [1.29, 1.82) is 0 Å². The number of nitrogens with zero attached hydrogens (tertiary/aromatic N) is 1. The highest BCUT2D eigenvalue weighted by Crippen LogP contribution is 2.27. The summed E-state index contributed by atoms with van der Waals surface area (Å²) in [5, 5.41) is 0. The van der Waals surface area contributed by atoms with Crippen molar-refractivity contribution in [3.8, 4) is 5.75 Å². The Morgan fingerprint density at radius 2 is 1.95 bits per heavy atom. The first-order valence-electron chi connectivity index (χ1n) is 6.11. The van der Waals surface area contributed by atoms with Crippen LogP contribution in [0.2, 0.25) is 0 Å². The number of rotatable bonds is 6. The fourth-order valence-corrected chi connectivity index (χ4v) is 1.65. The number of nitrogens with two attached hydrogens (primary N) is 1. The zero-order valence-electron chi connectivity index (χ0n) is 11.5. The highest BCUT2D eigenvalue weighted by atomic mass is 35.5. The first-order chi connectivity index (χ1) is 9.33. The van der Waals surface area contributed by atoms with Gasteiger partial charge in [-0.2, -0.15) is 0 Å². The number of hydrogen-bond donors (Lipinski definition) is 1. The van der Waals surface area contributed by atoms with Crippen LogP contribution >= 0.6 is 12.4 Å². The molecule has 0 unspecified atom stereocenters.